The van der Waals surface area contributed by atoms with Gasteiger partial charge in [-0.2, -0.15) is 5.10 Å². The molecule has 1 amide bonds. The van der Waals surface area contributed by atoms with Gasteiger partial charge in [0.25, 0.3) is 5.91 Å². The van der Waals surface area contributed by atoms with E-state index in [4.69, 9.17) is 4.74 Å². The van der Waals surface area contributed by atoms with Crippen molar-refractivity contribution in [2.75, 3.05) is 7.11 Å². The normalized spacial score (nSPS) is 15.8. The van der Waals surface area contributed by atoms with E-state index < -0.39 is 14.6 Å². The van der Waals surface area contributed by atoms with Gasteiger partial charge in [0.2, 0.25) is 0 Å². The van der Waals surface area contributed by atoms with Crippen molar-refractivity contribution < 1.29 is 17.9 Å². The Kier molecular flexibility index (Phi) is 5.62. The molecule has 0 fully saturated rings. The number of sulfone groups is 1. The summed E-state index contributed by atoms with van der Waals surface area (Å²) in [4.78, 5) is 22.1. The van der Waals surface area contributed by atoms with E-state index in [0.717, 1.165) is 24.1 Å². The molecule has 36 heavy (non-hydrogen) atoms. The predicted octanol–water partition coefficient (Wildman–Crippen LogP) is 3.13. The summed E-state index contributed by atoms with van der Waals surface area (Å²) < 4.78 is 34.0. The number of amides is 1. The van der Waals surface area contributed by atoms with Gasteiger partial charge in [0.1, 0.15) is 27.7 Å². The van der Waals surface area contributed by atoms with E-state index in [9.17, 15) is 13.2 Å². The summed E-state index contributed by atoms with van der Waals surface area (Å²) >= 11 is 0. The molecule has 0 saturated carbocycles. The van der Waals surface area contributed by atoms with Crippen LogP contribution in [0.5, 0.6) is 5.75 Å². The van der Waals surface area contributed by atoms with Crippen LogP contribution in [0.3, 0.4) is 0 Å². The fourth-order valence-corrected chi connectivity index (χ4v) is 5.77. The van der Waals surface area contributed by atoms with E-state index in [1.807, 2.05) is 12.1 Å². The summed E-state index contributed by atoms with van der Waals surface area (Å²) in [6.45, 7) is 4.92. The number of fused-ring (bicyclic) bond motifs is 2. The molecular formula is C25H28N6O4S. The van der Waals surface area contributed by atoms with Crippen molar-refractivity contribution in [3.63, 3.8) is 0 Å². The number of aromatic nitrogens is 5. The lowest BCUT2D eigenvalue weighted by atomic mass is 10.2. The molecule has 0 unspecified atom stereocenters. The van der Waals surface area contributed by atoms with Gasteiger partial charge >= 0.3 is 0 Å². The molecule has 0 aliphatic heterocycles. The van der Waals surface area contributed by atoms with E-state index in [0.29, 0.717) is 22.7 Å². The average Bonchev–Trinajstić information content (AvgIpc) is 3.54. The van der Waals surface area contributed by atoms with Crippen LogP contribution in [0.15, 0.2) is 47.8 Å². The molecule has 188 valence electrons. The monoisotopic (exact) mass is 508 g/mol. The number of hydrogen-bond donors (Lipinski definition) is 1. The minimum Gasteiger partial charge on any atom is -0.495 e. The Bertz CT molecular complexity index is 1600. The van der Waals surface area contributed by atoms with Crippen molar-refractivity contribution in [1.29, 1.82) is 0 Å². The molecule has 4 heterocycles. The van der Waals surface area contributed by atoms with Gasteiger partial charge in [0, 0.05) is 25.5 Å². The molecule has 0 aromatic carbocycles. The number of rotatable bonds is 5. The van der Waals surface area contributed by atoms with E-state index in [1.54, 1.807) is 56.7 Å². The Labute approximate surface area is 209 Å². The molecule has 4 aromatic heterocycles. The number of pyridine rings is 2. The number of ether oxygens (including phenoxy) is 1. The van der Waals surface area contributed by atoms with E-state index in [1.165, 1.54) is 18.0 Å². The third-order valence-corrected chi connectivity index (χ3v) is 9.03. The molecule has 11 heteroatoms. The molecule has 1 aliphatic rings. The average molecular weight is 509 g/mol. The topological polar surface area (TPSA) is 120 Å². The zero-order chi connectivity index (χ0) is 25.8. The second-order valence-electron chi connectivity index (χ2n) is 9.84. The smallest absolute Gasteiger partial charge is 0.270 e. The van der Waals surface area contributed by atoms with Crippen LogP contribution < -0.4 is 10.1 Å². The van der Waals surface area contributed by atoms with Crippen molar-refractivity contribution in [3.05, 3.63) is 59.8 Å². The number of carbonyl (C=O) groups excluding carboxylic acids is 1. The van der Waals surface area contributed by atoms with Gasteiger partial charge in [-0.25, -0.2) is 13.4 Å². The van der Waals surface area contributed by atoms with Crippen LogP contribution in [0, 0.1) is 0 Å². The zero-order valence-corrected chi connectivity index (χ0v) is 21.6. The number of imidazole rings is 1. The Morgan fingerprint density at radius 3 is 2.72 bits per heavy atom. The van der Waals surface area contributed by atoms with Gasteiger partial charge in [-0.1, -0.05) is 6.07 Å². The third kappa shape index (κ3) is 3.83. The molecule has 0 radical (unpaired) electrons. The van der Waals surface area contributed by atoms with Crippen LogP contribution in [0.2, 0.25) is 0 Å². The number of carbonyl (C=O) groups is 1. The third-order valence-electron chi connectivity index (χ3n) is 6.53. The number of nitrogens with one attached hydrogen (secondary N) is 1. The first kappa shape index (κ1) is 24.0. The van der Waals surface area contributed by atoms with Crippen LogP contribution >= 0.6 is 0 Å². The first-order valence-electron chi connectivity index (χ1n) is 11.6. The minimum atomic E-state index is -3.71. The maximum Gasteiger partial charge on any atom is 0.270 e. The van der Waals surface area contributed by atoms with Crippen molar-refractivity contribution in [1.82, 2.24) is 29.5 Å². The summed E-state index contributed by atoms with van der Waals surface area (Å²) in [5.74, 6) is -0.0349. The Morgan fingerprint density at radius 1 is 1.22 bits per heavy atom. The van der Waals surface area contributed by atoms with E-state index in [-0.39, 0.29) is 22.6 Å². The molecule has 0 saturated heterocycles. The Hall–Kier alpha value is -3.73. The SMILES string of the molecule is COc1cc2ncc(-c3cc(C(=O)N[C@@H]4CCc5cccnc54)n(C)n3)n2cc1S(=O)(=O)C(C)(C)C. The van der Waals surface area contributed by atoms with Crippen LogP contribution in [0.4, 0.5) is 0 Å². The van der Waals surface area contributed by atoms with Crippen molar-refractivity contribution in [2.24, 2.45) is 7.05 Å². The van der Waals surface area contributed by atoms with Gasteiger partial charge in [0.05, 0.1) is 35.5 Å². The lowest BCUT2D eigenvalue weighted by molar-refractivity contribution is 0.0926. The summed E-state index contributed by atoms with van der Waals surface area (Å²) in [7, 11) is -0.586. The maximum absolute atomic E-state index is 13.3. The molecule has 0 spiro atoms. The highest BCUT2D eigenvalue weighted by Crippen LogP contribution is 2.34. The summed E-state index contributed by atoms with van der Waals surface area (Å²) in [6.07, 6.45) is 6.51. The quantitative estimate of drug-likeness (QED) is 0.440. The molecule has 1 N–H and O–H groups in total. The summed E-state index contributed by atoms with van der Waals surface area (Å²) in [6, 6.07) is 7.05. The van der Waals surface area contributed by atoms with Crippen LogP contribution in [-0.2, 0) is 23.3 Å². The van der Waals surface area contributed by atoms with Crippen LogP contribution in [0.1, 0.15) is 55.0 Å². The number of methoxy groups -OCH3 is 1. The largest absolute Gasteiger partial charge is 0.495 e. The van der Waals surface area contributed by atoms with Gasteiger partial charge in [-0.3, -0.25) is 18.9 Å². The van der Waals surface area contributed by atoms with Crippen LogP contribution in [-0.4, -0.2) is 50.3 Å². The first-order valence-corrected chi connectivity index (χ1v) is 13.1. The minimum absolute atomic E-state index is 0.0607. The Balaban J connectivity index is 1.51. The van der Waals surface area contributed by atoms with Crippen LogP contribution in [0.25, 0.3) is 17.0 Å². The fraction of sp³-hybridized carbons (Fsp3) is 0.360. The molecule has 1 atom stereocenters. The molecule has 4 aromatic rings. The lowest BCUT2D eigenvalue weighted by Gasteiger charge is -2.21. The molecule has 0 bridgehead atoms. The highest BCUT2D eigenvalue weighted by Gasteiger charge is 2.34. The van der Waals surface area contributed by atoms with E-state index in [2.05, 4.69) is 20.4 Å². The summed E-state index contributed by atoms with van der Waals surface area (Å²) in [5.41, 5.74) is 3.97. The highest BCUT2D eigenvalue weighted by atomic mass is 32.2. The number of hydrogen-bond acceptors (Lipinski definition) is 7. The van der Waals surface area contributed by atoms with Gasteiger partial charge in [-0.15, -0.1) is 0 Å². The van der Waals surface area contributed by atoms with Gasteiger partial charge in [0.15, 0.2) is 9.84 Å². The van der Waals surface area contributed by atoms with Gasteiger partial charge < -0.3 is 10.1 Å². The number of aryl methyl sites for hydroxylation is 2. The predicted molar refractivity (Wildman–Crippen MR) is 134 cm³/mol. The molecule has 1 aliphatic carbocycles. The highest BCUT2D eigenvalue weighted by molar-refractivity contribution is 7.92. The second-order valence-corrected chi connectivity index (χ2v) is 12.5. The molecule has 10 nitrogen and oxygen atoms in total. The first-order chi connectivity index (χ1) is 17.0. The number of nitrogens with zero attached hydrogens (tertiary/aromatic N) is 5. The standard InChI is InChI=1S/C25H28N6O4S/c1-25(2,3)36(33,34)21-14-31-19(13-27-22(31)12-20(21)35-5)17-11-18(30(4)29-17)24(32)28-16-9-8-15-7-6-10-26-23(15)16/h6-7,10-14,16H,8-9H2,1-5H3,(H,28,32)/t16-/m1/s1. The van der Waals surface area contributed by atoms with Crippen molar-refractivity contribution in [3.8, 4) is 17.1 Å². The van der Waals surface area contributed by atoms with Crippen molar-refractivity contribution >= 4 is 21.4 Å². The van der Waals surface area contributed by atoms with Crippen molar-refractivity contribution in [2.45, 2.75) is 49.3 Å². The molecule has 5 rings (SSSR count). The van der Waals surface area contributed by atoms with Gasteiger partial charge in [-0.05, 0) is 51.3 Å². The fourth-order valence-electron chi connectivity index (χ4n) is 4.46. The maximum atomic E-state index is 13.3. The zero-order valence-electron chi connectivity index (χ0n) is 20.8. The Morgan fingerprint density at radius 2 is 2.00 bits per heavy atom. The van der Waals surface area contributed by atoms with E-state index >= 15 is 0 Å². The molecular weight excluding hydrogens is 480 g/mol. The lowest BCUT2D eigenvalue weighted by Crippen LogP contribution is -2.29. The second kappa shape index (κ2) is 8.44. The summed E-state index contributed by atoms with van der Waals surface area (Å²) in [5, 5.41) is 7.59.